The molecular formula is C15H18N4O3S2. The average Bonchev–Trinajstić information content (AvgIpc) is 3.25. The molecule has 0 unspecified atom stereocenters. The Morgan fingerprint density at radius 3 is 3.08 bits per heavy atom. The van der Waals surface area contributed by atoms with Gasteiger partial charge in [-0.25, -0.2) is 0 Å². The van der Waals surface area contributed by atoms with Crippen molar-refractivity contribution >= 4 is 39.8 Å². The first kappa shape index (κ1) is 17.0. The van der Waals surface area contributed by atoms with Gasteiger partial charge in [-0.15, -0.1) is 10.2 Å². The van der Waals surface area contributed by atoms with Crippen molar-refractivity contribution in [2.45, 2.75) is 23.3 Å². The fourth-order valence-electron chi connectivity index (χ4n) is 2.24. The van der Waals surface area contributed by atoms with Crippen LogP contribution in [0.3, 0.4) is 0 Å². The third kappa shape index (κ3) is 4.83. The molecule has 9 heteroatoms. The number of benzene rings is 1. The molecule has 0 bridgehead atoms. The van der Waals surface area contributed by atoms with Gasteiger partial charge in [0.25, 0.3) is 0 Å². The summed E-state index contributed by atoms with van der Waals surface area (Å²) in [6.45, 7) is 1.56. The fourth-order valence-corrected chi connectivity index (χ4v) is 3.80. The Hall–Kier alpha value is -1.84. The number of carbonyl (C=O) groups is 1. The predicted molar refractivity (Wildman–Crippen MR) is 94.8 cm³/mol. The fraction of sp³-hybridized carbons (Fsp3) is 0.400. The minimum atomic E-state index is -0.203. The van der Waals surface area contributed by atoms with Gasteiger partial charge in [0.1, 0.15) is 5.75 Å². The number of aromatic nitrogens is 2. The summed E-state index contributed by atoms with van der Waals surface area (Å²) in [6, 6.07) is 6.63. The summed E-state index contributed by atoms with van der Waals surface area (Å²) >= 11 is 2.72. The third-order valence-corrected chi connectivity index (χ3v) is 5.43. The van der Waals surface area contributed by atoms with E-state index in [0.29, 0.717) is 5.69 Å². The highest BCUT2D eigenvalue weighted by Gasteiger charge is 2.16. The maximum absolute atomic E-state index is 11.9. The Morgan fingerprint density at radius 2 is 2.29 bits per heavy atom. The molecule has 128 valence electrons. The number of anilines is 2. The van der Waals surface area contributed by atoms with Gasteiger partial charge in [-0.3, -0.25) is 4.79 Å². The van der Waals surface area contributed by atoms with Crippen LogP contribution in [-0.4, -0.2) is 46.2 Å². The molecule has 1 aliphatic heterocycles. The first-order valence-electron chi connectivity index (χ1n) is 7.60. The highest BCUT2D eigenvalue weighted by atomic mass is 32.2. The number of phenols is 1. The lowest BCUT2D eigenvalue weighted by atomic mass is 10.2. The monoisotopic (exact) mass is 366 g/mol. The van der Waals surface area contributed by atoms with E-state index < -0.39 is 0 Å². The molecule has 0 saturated carbocycles. The molecule has 2 heterocycles. The Morgan fingerprint density at radius 1 is 1.42 bits per heavy atom. The van der Waals surface area contributed by atoms with Crippen molar-refractivity contribution in [3.05, 3.63) is 24.3 Å². The lowest BCUT2D eigenvalue weighted by molar-refractivity contribution is -0.113. The summed E-state index contributed by atoms with van der Waals surface area (Å²) < 4.78 is 6.26. The summed E-state index contributed by atoms with van der Waals surface area (Å²) in [6.07, 6.45) is 2.42. The number of rotatable bonds is 7. The van der Waals surface area contributed by atoms with Crippen molar-refractivity contribution in [2.24, 2.45) is 0 Å². The van der Waals surface area contributed by atoms with Crippen molar-refractivity contribution in [3.63, 3.8) is 0 Å². The van der Waals surface area contributed by atoms with E-state index >= 15 is 0 Å². The van der Waals surface area contributed by atoms with Crippen molar-refractivity contribution in [2.75, 3.05) is 29.5 Å². The maximum atomic E-state index is 11.9. The zero-order chi connectivity index (χ0) is 16.8. The molecule has 1 fully saturated rings. The first-order chi connectivity index (χ1) is 11.7. The van der Waals surface area contributed by atoms with Crippen LogP contribution in [0.15, 0.2) is 28.6 Å². The smallest absolute Gasteiger partial charge is 0.234 e. The van der Waals surface area contributed by atoms with Gasteiger partial charge in [-0.2, -0.15) is 0 Å². The van der Waals surface area contributed by atoms with Gasteiger partial charge in [0.05, 0.1) is 17.5 Å². The van der Waals surface area contributed by atoms with Gasteiger partial charge in [-0.1, -0.05) is 35.2 Å². The summed E-state index contributed by atoms with van der Waals surface area (Å²) in [7, 11) is 0. The van der Waals surface area contributed by atoms with Gasteiger partial charge in [-0.05, 0) is 25.0 Å². The number of amides is 1. The van der Waals surface area contributed by atoms with Gasteiger partial charge in [0, 0.05) is 13.2 Å². The van der Waals surface area contributed by atoms with Crippen molar-refractivity contribution in [3.8, 4) is 5.75 Å². The molecule has 3 rings (SSSR count). The SMILES string of the molecule is O=C(CSc1nnc(NC[C@H]2CCCO2)s1)Nc1ccccc1O. The molecule has 1 saturated heterocycles. The summed E-state index contributed by atoms with van der Waals surface area (Å²) in [5.41, 5.74) is 0.402. The van der Waals surface area contributed by atoms with E-state index in [1.54, 1.807) is 18.2 Å². The standard InChI is InChI=1S/C15H18N4O3S2/c20-12-6-2-1-5-11(12)17-13(21)9-23-15-19-18-14(24-15)16-8-10-4-3-7-22-10/h1-2,5-6,10,20H,3-4,7-9H2,(H,16,18)(H,17,21)/t10-/m1/s1. The Bertz CT molecular complexity index is 689. The number of thioether (sulfide) groups is 1. The van der Waals surface area contributed by atoms with Crippen LogP contribution in [0.1, 0.15) is 12.8 Å². The number of para-hydroxylation sites is 2. The molecule has 2 aromatic rings. The summed E-state index contributed by atoms with van der Waals surface area (Å²) in [5, 5.41) is 24.4. The van der Waals surface area contributed by atoms with Crippen molar-refractivity contribution in [1.82, 2.24) is 10.2 Å². The molecule has 3 N–H and O–H groups in total. The van der Waals surface area contributed by atoms with E-state index in [2.05, 4.69) is 20.8 Å². The van der Waals surface area contributed by atoms with E-state index in [4.69, 9.17) is 4.74 Å². The number of phenolic OH excluding ortho intramolecular Hbond substituents is 1. The Balaban J connectivity index is 1.43. The van der Waals surface area contributed by atoms with E-state index in [1.807, 2.05) is 0 Å². The number of nitrogens with one attached hydrogen (secondary N) is 2. The number of hydrogen-bond donors (Lipinski definition) is 3. The minimum Gasteiger partial charge on any atom is -0.506 e. The highest BCUT2D eigenvalue weighted by molar-refractivity contribution is 8.01. The molecule has 1 aliphatic rings. The zero-order valence-electron chi connectivity index (χ0n) is 12.9. The Labute approximate surface area is 147 Å². The normalized spacial score (nSPS) is 16.9. The lowest BCUT2D eigenvalue weighted by Gasteiger charge is -2.08. The van der Waals surface area contributed by atoms with Gasteiger partial charge in [0.2, 0.25) is 11.0 Å². The number of hydrogen-bond acceptors (Lipinski definition) is 8. The Kier molecular flexibility index (Phi) is 5.89. The molecule has 0 radical (unpaired) electrons. The van der Waals surface area contributed by atoms with E-state index in [0.717, 1.165) is 35.5 Å². The number of aromatic hydroxyl groups is 1. The van der Waals surface area contributed by atoms with Crippen LogP contribution in [0.5, 0.6) is 5.75 Å². The molecule has 1 aromatic carbocycles. The summed E-state index contributed by atoms with van der Waals surface area (Å²) in [4.78, 5) is 11.9. The third-order valence-electron chi connectivity index (χ3n) is 3.42. The van der Waals surface area contributed by atoms with E-state index in [-0.39, 0.29) is 23.5 Å². The van der Waals surface area contributed by atoms with Crippen LogP contribution in [0.2, 0.25) is 0 Å². The predicted octanol–water partition coefficient (Wildman–Crippen LogP) is 2.57. The second-order valence-electron chi connectivity index (χ2n) is 5.24. The van der Waals surface area contributed by atoms with Crippen LogP contribution in [-0.2, 0) is 9.53 Å². The maximum Gasteiger partial charge on any atom is 0.234 e. The molecule has 24 heavy (non-hydrogen) atoms. The molecule has 1 atom stereocenters. The van der Waals surface area contributed by atoms with Crippen LogP contribution in [0, 0.1) is 0 Å². The van der Waals surface area contributed by atoms with Crippen LogP contribution < -0.4 is 10.6 Å². The quantitative estimate of drug-likeness (QED) is 0.512. The van der Waals surface area contributed by atoms with Crippen molar-refractivity contribution in [1.29, 1.82) is 0 Å². The largest absolute Gasteiger partial charge is 0.506 e. The molecule has 1 aromatic heterocycles. The molecule has 0 aliphatic carbocycles. The van der Waals surface area contributed by atoms with E-state index in [1.165, 1.54) is 29.2 Å². The summed E-state index contributed by atoms with van der Waals surface area (Å²) in [5.74, 6) is 0.0484. The van der Waals surface area contributed by atoms with Crippen LogP contribution in [0.25, 0.3) is 0 Å². The highest BCUT2D eigenvalue weighted by Crippen LogP contribution is 2.27. The van der Waals surface area contributed by atoms with E-state index in [9.17, 15) is 9.90 Å². The second kappa shape index (κ2) is 8.32. The second-order valence-corrected chi connectivity index (χ2v) is 7.44. The first-order valence-corrected chi connectivity index (χ1v) is 9.40. The number of ether oxygens (including phenoxy) is 1. The van der Waals surface area contributed by atoms with Crippen molar-refractivity contribution < 1.29 is 14.6 Å². The molecule has 7 nitrogen and oxygen atoms in total. The zero-order valence-corrected chi connectivity index (χ0v) is 14.5. The van der Waals surface area contributed by atoms with Gasteiger partial charge >= 0.3 is 0 Å². The lowest BCUT2D eigenvalue weighted by Crippen LogP contribution is -2.18. The number of nitrogens with zero attached hydrogens (tertiary/aromatic N) is 2. The average molecular weight is 366 g/mol. The molecular weight excluding hydrogens is 348 g/mol. The minimum absolute atomic E-state index is 0.0485. The van der Waals surface area contributed by atoms with Crippen LogP contribution in [0.4, 0.5) is 10.8 Å². The molecule has 0 spiro atoms. The molecule has 1 amide bonds. The number of carbonyl (C=O) groups excluding carboxylic acids is 1. The van der Waals surface area contributed by atoms with Gasteiger partial charge < -0.3 is 20.5 Å². The topological polar surface area (TPSA) is 96.4 Å². The van der Waals surface area contributed by atoms with Crippen LogP contribution >= 0.6 is 23.1 Å². The van der Waals surface area contributed by atoms with Gasteiger partial charge in [0.15, 0.2) is 4.34 Å².